The van der Waals surface area contributed by atoms with E-state index in [4.69, 9.17) is 4.42 Å². The molecule has 4 aromatic rings. The molecule has 0 saturated heterocycles. The Balaban J connectivity index is 1.63. The number of anilines is 1. The van der Waals surface area contributed by atoms with E-state index in [1.54, 1.807) is 25.4 Å². The molecule has 1 N–H and O–H groups in total. The van der Waals surface area contributed by atoms with Crippen LogP contribution < -0.4 is 5.32 Å². The maximum absolute atomic E-state index is 13.2. The van der Waals surface area contributed by atoms with Crippen LogP contribution in [0.2, 0.25) is 0 Å². The number of nitrogens with zero attached hydrogens (tertiary/aromatic N) is 4. The predicted octanol–water partition coefficient (Wildman–Crippen LogP) is 4.20. The average Bonchev–Trinajstić information content (AvgIpc) is 3.11. The van der Waals surface area contributed by atoms with Crippen LogP contribution >= 0.6 is 0 Å². The summed E-state index contributed by atoms with van der Waals surface area (Å²) in [4.78, 5) is 30.0. The molecular formula is C21H16FN5O2. The number of hydrogen-bond donors (Lipinski definition) is 1. The minimum Gasteiger partial charge on any atom is -0.435 e. The van der Waals surface area contributed by atoms with Crippen LogP contribution in [-0.2, 0) is 0 Å². The molecular weight excluding hydrogens is 373 g/mol. The molecule has 0 aliphatic rings. The Labute approximate surface area is 165 Å². The second-order valence-electron chi connectivity index (χ2n) is 6.31. The first-order valence-electron chi connectivity index (χ1n) is 8.81. The molecule has 0 aliphatic heterocycles. The van der Waals surface area contributed by atoms with Crippen molar-refractivity contribution in [2.24, 2.45) is 0 Å². The third-order valence-corrected chi connectivity index (χ3v) is 4.18. The Bertz CT molecular complexity index is 1190. The molecule has 0 spiro atoms. The molecule has 0 saturated carbocycles. The van der Waals surface area contributed by atoms with Gasteiger partial charge in [0.15, 0.2) is 11.7 Å². The molecule has 1 aromatic carbocycles. The number of aryl methyl sites for hydroxylation is 2. The zero-order chi connectivity index (χ0) is 20.4. The highest BCUT2D eigenvalue weighted by Crippen LogP contribution is 2.25. The van der Waals surface area contributed by atoms with Gasteiger partial charge in [-0.25, -0.2) is 19.3 Å². The van der Waals surface area contributed by atoms with Gasteiger partial charge in [-0.2, -0.15) is 0 Å². The number of nitrogens with one attached hydrogen (secondary N) is 1. The van der Waals surface area contributed by atoms with E-state index < -0.39 is 5.91 Å². The molecule has 0 unspecified atom stereocenters. The van der Waals surface area contributed by atoms with Crippen molar-refractivity contribution in [3.05, 3.63) is 77.9 Å². The monoisotopic (exact) mass is 389 g/mol. The minimum atomic E-state index is -0.521. The molecule has 0 bridgehead atoms. The fraction of sp³-hybridized carbons (Fsp3) is 0.0952. The Morgan fingerprint density at radius 3 is 2.52 bits per heavy atom. The largest absolute Gasteiger partial charge is 0.435 e. The highest BCUT2D eigenvalue weighted by Gasteiger charge is 2.21. The molecule has 3 aromatic heterocycles. The Kier molecular flexibility index (Phi) is 4.82. The first kappa shape index (κ1) is 18.4. The van der Waals surface area contributed by atoms with E-state index in [1.807, 2.05) is 19.1 Å². The van der Waals surface area contributed by atoms with E-state index in [1.165, 1.54) is 24.3 Å². The third kappa shape index (κ3) is 3.86. The number of aromatic nitrogens is 4. The van der Waals surface area contributed by atoms with E-state index in [9.17, 15) is 9.18 Å². The lowest BCUT2D eigenvalue weighted by molar-refractivity contribution is 0.0996. The van der Waals surface area contributed by atoms with Crippen molar-refractivity contribution in [3.8, 4) is 22.8 Å². The minimum absolute atomic E-state index is 0.0169. The number of rotatable bonds is 4. The molecule has 1 amide bonds. The predicted molar refractivity (Wildman–Crippen MR) is 105 cm³/mol. The number of amides is 1. The van der Waals surface area contributed by atoms with Gasteiger partial charge in [0.1, 0.15) is 23.0 Å². The molecule has 0 atom stereocenters. The van der Waals surface area contributed by atoms with Crippen molar-refractivity contribution in [3.63, 3.8) is 0 Å². The van der Waals surface area contributed by atoms with Crippen LogP contribution in [0.3, 0.4) is 0 Å². The van der Waals surface area contributed by atoms with Crippen LogP contribution in [0.25, 0.3) is 22.8 Å². The van der Waals surface area contributed by atoms with Gasteiger partial charge in [0.2, 0.25) is 5.76 Å². The van der Waals surface area contributed by atoms with Gasteiger partial charge in [0, 0.05) is 24.9 Å². The van der Waals surface area contributed by atoms with Gasteiger partial charge in [-0.1, -0.05) is 6.07 Å². The van der Waals surface area contributed by atoms with Crippen molar-refractivity contribution < 1.29 is 13.6 Å². The number of carbonyl (C=O) groups is 1. The SMILES string of the molecule is Cc1nc(-c2ccc(F)cc2)c(C(=O)Nc2ccnc(-c3ncccc3C)n2)o1. The van der Waals surface area contributed by atoms with Gasteiger partial charge in [-0.15, -0.1) is 0 Å². The zero-order valence-corrected chi connectivity index (χ0v) is 15.7. The molecule has 8 heteroatoms. The Hall–Kier alpha value is -3.94. The second kappa shape index (κ2) is 7.59. The van der Waals surface area contributed by atoms with E-state index in [0.29, 0.717) is 34.5 Å². The smallest absolute Gasteiger partial charge is 0.294 e. The van der Waals surface area contributed by atoms with Crippen LogP contribution in [0.1, 0.15) is 22.0 Å². The highest BCUT2D eigenvalue weighted by atomic mass is 19.1. The van der Waals surface area contributed by atoms with Crippen molar-refractivity contribution in [2.45, 2.75) is 13.8 Å². The molecule has 0 radical (unpaired) electrons. The maximum Gasteiger partial charge on any atom is 0.294 e. The van der Waals surface area contributed by atoms with Crippen LogP contribution in [0.4, 0.5) is 10.2 Å². The summed E-state index contributed by atoms with van der Waals surface area (Å²) in [5, 5.41) is 2.70. The lowest BCUT2D eigenvalue weighted by Crippen LogP contribution is -2.14. The summed E-state index contributed by atoms with van der Waals surface area (Å²) in [5.74, 6) is 0.133. The molecule has 3 heterocycles. The van der Waals surface area contributed by atoms with Crippen molar-refractivity contribution in [2.75, 3.05) is 5.32 Å². The summed E-state index contributed by atoms with van der Waals surface area (Å²) in [5.41, 5.74) is 2.45. The Morgan fingerprint density at radius 1 is 0.966 bits per heavy atom. The van der Waals surface area contributed by atoms with Crippen LogP contribution in [-0.4, -0.2) is 25.8 Å². The Morgan fingerprint density at radius 2 is 1.76 bits per heavy atom. The van der Waals surface area contributed by atoms with Gasteiger partial charge >= 0.3 is 0 Å². The summed E-state index contributed by atoms with van der Waals surface area (Å²) in [6, 6.07) is 11.0. The van der Waals surface area contributed by atoms with E-state index in [0.717, 1.165) is 5.56 Å². The number of pyridine rings is 1. The van der Waals surface area contributed by atoms with Crippen LogP contribution in [0, 0.1) is 19.7 Å². The molecule has 0 fully saturated rings. The normalized spacial score (nSPS) is 10.7. The number of carbonyl (C=O) groups excluding carboxylic acids is 1. The summed E-state index contributed by atoms with van der Waals surface area (Å²) < 4.78 is 18.7. The van der Waals surface area contributed by atoms with Gasteiger partial charge in [-0.3, -0.25) is 9.78 Å². The quantitative estimate of drug-likeness (QED) is 0.562. The highest BCUT2D eigenvalue weighted by molar-refractivity contribution is 6.05. The fourth-order valence-corrected chi connectivity index (χ4v) is 2.82. The number of oxazole rings is 1. The van der Waals surface area contributed by atoms with Gasteiger partial charge in [0.25, 0.3) is 5.91 Å². The van der Waals surface area contributed by atoms with Gasteiger partial charge < -0.3 is 9.73 Å². The first-order valence-corrected chi connectivity index (χ1v) is 8.81. The van der Waals surface area contributed by atoms with Crippen molar-refractivity contribution in [1.29, 1.82) is 0 Å². The fourth-order valence-electron chi connectivity index (χ4n) is 2.82. The van der Waals surface area contributed by atoms with E-state index in [-0.39, 0.29) is 11.6 Å². The van der Waals surface area contributed by atoms with Gasteiger partial charge in [-0.05, 0) is 48.9 Å². The number of halogens is 1. The molecule has 0 aliphatic carbocycles. The van der Waals surface area contributed by atoms with Crippen LogP contribution in [0.5, 0.6) is 0 Å². The zero-order valence-electron chi connectivity index (χ0n) is 15.7. The standard InChI is InChI=1S/C21H16FN5O2/c1-12-4-3-10-23-17(12)20-24-11-9-16(26-20)27-21(28)19-18(25-13(2)29-19)14-5-7-15(22)8-6-14/h3-11H,1-2H3,(H,24,26,27,28). The van der Waals surface area contributed by atoms with E-state index in [2.05, 4.69) is 25.3 Å². The topological polar surface area (TPSA) is 93.8 Å². The molecule has 4 rings (SSSR count). The molecule has 7 nitrogen and oxygen atoms in total. The molecule has 144 valence electrons. The van der Waals surface area contributed by atoms with E-state index >= 15 is 0 Å². The maximum atomic E-state index is 13.2. The summed E-state index contributed by atoms with van der Waals surface area (Å²) in [6.45, 7) is 3.54. The summed E-state index contributed by atoms with van der Waals surface area (Å²) in [6.07, 6.45) is 3.20. The van der Waals surface area contributed by atoms with Crippen molar-refractivity contribution >= 4 is 11.7 Å². The van der Waals surface area contributed by atoms with Crippen LogP contribution in [0.15, 0.2) is 59.3 Å². The summed E-state index contributed by atoms with van der Waals surface area (Å²) >= 11 is 0. The molecule has 29 heavy (non-hydrogen) atoms. The lowest BCUT2D eigenvalue weighted by atomic mass is 10.1. The average molecular weight is 389 g/mol. The third-order valence-electron chi connectivity index (χ3n) is 4.18. The second-order valence-corrected chi connectivity index (χ2v) is 6.31. The number of benzene rings is 1. The van der Waals surface area contributed by atoms with Gasteiger partial charge in [0.05, 0.1) is 0 Å². The first-order chi connectivity index (χ1) is 14.0. The van der Waals surface area contributed by atoms with Crippen molar-refractivity contribution in [1.82, 2.24) is 19.9 Å². The summed E-state index contributed by atoms with van der Waals surface area (Å²) in [7, 11) is 0. The number of hydrogen-bond acceptors (Lipinski definition) is 6. The lowest BCUT2D eigenvalue weighted by Gasteiger charge is -2.07.